The van der Waals surface area contributed by atoms with Crippen LogP contribution in [0.1, 0.15) is 39.5 Å². The first-order chi connectivity index (χ1) is 5.93. The number of hydrogen-bond donors (Lipinski definition) is 2. The zero-order valence-corrected chi connectivity index (χ0v) is 8.42. The van der Waals surface area contributed by atoms with Crippen molar-refractivity contribution in [3.63, 3.8) is 0 Å². The number of aliphatic carboxylic acids is 1. The van der Waals surface area contributed by atoms with Gasteiger partial charge in [0.1, 0.15) is 6.04 Å². The second kappa shape index (κ2) is 3.66. The molecular weight excluding hydrogens is 166 g/mol. The van der Waals surface area contributed by atoms with Crippen molar-refractivity contribution in [3.05, 3.63) is 0 Å². The molecular formula is C10H19NO2. The van der Waals surface area contributed by atoms with Gasteiger partial charge < -0.3 is 10.8 Å². The maximum atomic E-state index is 10.4. The van der Waals surface area contributed by atoms with Crippen LogP contribution in [0.4, 0.5) is 0 Å². The number of carboxylic acid groups (broad SMARTS) is 1. The van der Waals surface area contributed by atoms with Crippen molar-refractivity contribution >= 4 is 5.97 Å². The van der Waals surface area contributed by atoms with Gasteiger partial charge in [-0.15, -0.1) is 0 Å². The summed E-state index contributed by atoms with van der Waals surface area (Å²) in [6.45, 7) is 4.52. The van der Waals surface area contributed by atoms with E-state index in [4.69, 9.17) is 10.8 Å². The highest BCUT2D eigenvalue weighted by Gasteiger charge is 2.44. The summed E-state index contributed by atoms with van der Waals surface area (Å²) in [6, 6.07) is -0.665. The molecule has 3 heteroatoms. The highest BCUT2D eigenvalue weighted by Crippen LogP contribution is 2.54. The molecule has 3 N–H and O–H groups in total. The lowest BCUT2D eigenvalue weighted by Gasteiger charge is -2.06. The van der Waals surface area contributed by atoms with Gasteiger partial charge in [-0.25, -0.2) is 0 Å². The molecule has 0 saturated heterocycles. The molecule has 0 aromatic rings. The first-order valence-electron chi connectivity index (χ1n) is 4.92. The molecule has 3 nitrogen and oxygen atoms in total. The topological polar surface area (TPSA) is 63.3 Å². The van der Waals surface area contributed by atoms with Crippen molar-refractivity contribution < 1.29 is 9.90 Å². The minimum atomic E-state index is -0.880. The van der Waals surface area contributed by atoms with Gasteiger partial charge >= 0.3 is 5.97 Å². The quantitative estimate of drug-likeness (QED) is 0.684. The minimum Gasteiger partial charge on any atom is -0.480 e. The first kappa shape index (κ1) is 10.5. The van der Waals surface area contributed by atoms with Gasteiger partial charge in [-0.05, 0) is 30.6 Å². The Hall–Kier alpha value is -0.570. The van der Waals surface area contributed by atoms with Crippen molar-refractivity contribution in [2.45, 2.75) is 45.6 Å². The number of carbonyl (C=O) groups is 1. The van der Waals surface area contributed by atoms with Gasteiger partial charge in [-0.2, -0.15) is 0 Å². The number of carboxylic acids is 1. The van der Waals surface area contributed by atoms with Crippen molar-refractivity contribution in [3.8, 4) is 0 Å². The van der Waals surface area contributed by atoms with Gasteiger partial charge in [0, 0.05) is 0 Å². The second-order valence-electron chi connectivity index (χ2n) is 4.77. The normalized spacial score (nSPS) is 26.8. The molecule has 1 fully saturated rings. The second-order valence-corrected chi connectivity index (χ2v) is 4.77. The van der Waals surface area contributed by atoms with Gasteiger partial charge in [0.05, 0.1) is 0 Å². The van der Waals surface area contributed by atoms with E-state index in [-0.39, 0.29) is 0 Å². The molecule has 0 aromatic carbocycles. The van der Waals surface area contributed by atoms with E-state index in [9.17, 15) is 4.79 Å². The van der Waals surface area contributed by atoms with Crippen LogP contribution in [0.5, 0.6) is 0 Å². The Kier molecular flexibility index (Phi) is 2.96. The molecule has 0 aromatic heterocycles. The maximum absolute atomic E-state index is 10.4. The number of nitrogens with two attached hydrogens (primary N) is 1. The van der Waals surface area contributed by atoms with Crippen LogP contribution in [0.2, 0.25) is 0 Å². The Morgan fingerprint density at radius 1 is 1.69 bits per heavy atom. The van der Waals surface area contributed by atoms with Gasteiger partial charge in [-0.3, -0.25) is 4.79 Å². The van der Waals surface area contributed by atoms with Gasteiger partial charge in [0.2, 0.25) is 0 Å². The molecule has 0 heterocycles. The van der Waals surface area contributed by atoms with Crippen molar-refractivity contribution in [2.24, 2.45) is 17.1 Å². The summed E-state index contributed by atoms with van der Waals surface area (Å²) in [5.74, 6) is -0.0800. The lowest BCUT2D eigenvalue weighted by atomic mass is 10.0. The van der Waals surface area contributed by atoms with E-state index >= 15 is 0 Å². The fourth-order valence-corrected chi connectivity index (χ4v) is 1.78. The van der Waals surface area contributed by atoms with Crippen LogP contribution in [0.3, 0.4) is 0 Å². The molecule has 1 rings (SSSR count). The first-order valence-corrected chi connectivity index (χ1v) is 4.92. The summed E-state index contributed by atoms with van der Waals surface area (Å²) in [4.78, 5) is 10.4. The summed E-state index contributed by atoms with van der Waals surface area (Å²) in [6.07, 6.45) is 3.98. The van der Waals surface area contributed by atoms with E-state index < -0.39 is 12.0 Å². The molecule has 1 saturated carbocycles. The molecule has 0 amide bonds. The third-order valence-corrected chi connectivity index (χ3v) is 3.10. The van der Waals surface area contributed by atoms with Crippen LogP contribution in [0.25, 0.3) is 0 Å². The fraction of sp³-hybridized carbons (Fsp3) is 0.900. The molecule has 2 unspecified atom stereocenters. The smallest absolute Gasteiger partial charge is 0.320 e. The Labute approximate surface area is 79.3 Å². The van der Waals surface area contributed by atoms with Crippen LogP contribution in [-0.4, -0.2) is 17.1 Å². The van der Waals surface area contributed by atoms with Gasteiger partial charge in [0.15, 0.2) is 0 Å². The molecule has 0 spiro atoms. The lowest BCUT2D eigenvalue weighted by Crippen LogP contribution is -2.29. The zero-order valence-electron chi connectivity index (χ0n) is 8.42. The number of hydrogen-bond acceptors (Lipinski definition) is 2. The maximum Gasteiger partial charge on any atom is 0.320 e. The Morgan fingerprint density at radius 3 is 2.62 bits per heavy atom. The van der Waals surface area contributed by atoms with E-state index in [1.165, 1.54) is 6.42 Å². The molecule has 1 aliphatic carbocycles. The minimum absolute atomic E-state index is 0.507. The van der Waals surface area contributed by atoms with E-state index in [0.717, 1.165) is 18.8 Å². The molecule has 1 aliphatic rings. The van der Waals surface area contributed by atoms with Crippen LogP contribution >= 0.6 is 0 Å². The molecule has 0 bridgehead atoms. The van der Waals surface area contributed by atoms with Gasteiger partial charge in [0.25, 0.3) is 0 Å². The average molecular weight is 185 g/mol. The highest BCUT2D eigenvalue weighted by atomic mass is 16.4. The third-order valence-electron chi connectivity index (χ3n) is 3.10. The monoisotopic (exact) mass is 185 g/mol. The third kappa shape index (κ3) is 2.99. The van der Waals surface area contributed by atoms with E-state index in [1.807, 2.05) is 0 Å². The average Bonchev–Trinajstić information content (AvgIpc) is 2.58. The van der Waals surface area contributed by atoms with E-state index in [1.54, 1.807) is 0 Å². The molecule has 13 heavy (non-hydrogen) atoms. The fourth-order valence-electron chi connectivity index (χ4n) is 1.78. The highest BCUT2D eigenvalue weighted by molar-refractivity contribution is 5.72. The Balaban J connectivity index is 2.06. The lowest BCUT2D eigenvalue weighted by molar-refractivity contribution is -0.138. The standard InChI is InChI=1S/C10H19NO2/c1-10(2)6-7(10)4-3-5-8(11)9(12)13/h7-8H,3-6,11H2,1-2H3,(H,12,13). The predicted molar refractivity (Wildman–Crippen MR) is 51.4 cm³/mol. The van der Waals surface area contributed by atoms with Crippen LogP contribution < -0.4 is 5.73 Å². The predicted octanol–water partition coefficient (Wildman–Crippen LogP) is 1.61. The van der Waals surface area contributed by atoms with Crippen molar-refractivity contribution in [1.29, 1.82) is 0 Å². The van der Waals surface area contributed by atoms with Gasteiger partial charge in [-0.1, -0.05) is 20.3 Å². The van der Waals surface area contributed by atoms with Crippen LogP contribution in [-0.2, 0) is 4.79 Å². The van der Waals surface area contributed by atoms with E-state index in [0.29, 0.717) is 11.8 Å². The largest absolute Gasteiger partial charge is 0.480 e. The van der Waals surface area contributed by atoms with Crippen molar-refractivity contribution in [1.82, 2.24) is 0 Å². The van der Waals surface area contributed by atoms with Crippen molar-refractivity contribution in [2.75, 3.05) is 0 Å². The SMILES string of the molecule is CC1(C)CC1CCCC(N)C(=O)O. The summed E-state index contributed by atoms with van der Waals surface area (Å²) in [7, 11) is 0. The summed E-state index contributed by atoms with van der Waals surface area (Å²) < 4.78 is 0. The van der Waals surface area contributed by atoms with Crippen LogP contribution in [0, 0.1) is 11.3 Å². The van der Waals surface area contributed by atoms with Crippen LogP contribution in [0.15, 0.2) is 0 Å². The Morgan fingerprint density at radius 2 is 2.23 bits per heavy atom. The summed E-state index contributed by atoms with van der Waals surface area (Å²) >= 11 is 0. The molecule has 2 atom stereocenters. The molecule has 76 valence electrons. The molecule has 0 radical (unpaired) electrons. The van der Waals surface area contributed by atoms with E-state index in [2.05, 4.69) is 13.8 Å². The summed E-state index contributed by atoms with van der Waals surface area (Å²) in [5, 5.41) is 8.54. The molecule has 0 aliphatic heterocycles. The number of rotatable bonds is 5. The Bertz CT molecular complexity index is 201. The summed E-state index contributed by atoms with van der Waals surface area (Å²) in [5.41, 5.74) is 5.90. The zero-order chi connectivity index (χ0) is 10.1.